The molecule has 1 atom stereocenters. The third kappa shape index (κ3) is 1.32. The van der Waals surface area contributed by atoms with Crippen molar-refractivity contribution < 1.29 is 9.84 Å². The molecule has 1 aromatic carbocycles. The number of aromatic nitrogens is 1. The molecule has 1 aliphatic carbocycles. The second kappa shape index (κ2) is 3.52. The molecular formula is C13H15NO2. The topological polar surface area (TPSA) is 45.2 Å². The Morgan fingerprint density at radius 2 is 2.31 bits per heavy atom. The second-order valence-corrected chi connectivity index (χ2v) is 4.34. The summed E-state index contributed by atoms with van der Waals surface area (Å²) < 4.78 is 5.22. The van der Waals surface area contributed by atoms with Crippen LogP contribution in [0.2, 0.25) is 0 Å². The van der Waals surface area contributed by atoms with Crippen LogP contribution in [0.15, 0.2) is 18.2 Å². The first-order valence-electron chi connectivity index (χ1n) is 5.66. The van der Waals surface area contributed by atoms with Crippen LogP contribution in [0.3, 0.4) is 0 Å². The van der Waals surface area contributed by atoms with Gasteiger partial charge >= 0.3 is 0 Å². The second-order valence-electron chi connectivity index (χ2n) is 4.34. The molecule has 0 radical (unpaired) electrons. The summed E-state index contributed by atoms with van der Waals surface area (Å²) in [6, 6.07) is 5.95. The van der Waals surface area contributed by atoms with E-state index in [0.29, 0.717) is 0 Å². The fraction of sp³-hybridized carbons (Fsp3) is 0.385. The minimum absolute atomic E-state index is 0.329. The van der Waals surface area contributed by atoms with Gasteiger partial charge < -0.3 is 14.8 Å². The number of hydrogen-bond acceptors (Lipinski definition) is 2. The third-order valence-electron chi connectivity index (χ3n) is 3.37. The van der Waals surface area contributed by atoms with Gasteiger partial charge in [0.25, 0.3) is 0 Å². The number of ether oxygens (including phenoxy) is 1. The van der Waals surface area contributed by atoms with Crippen LogP contribution in [-0.4, -0.2) is 17.2 Å². The highest BCUT2D eigenvalue weighted by atomic mass is 16.5. The molecule has 3 heteroatoms. The first-order chi connectivity index (χ1) is 7.79. The molecule has 16 heavy (non-hydrogen) atoms. The van der Waals surface area contributed by atoms with Crippen LogP contribution < -0.4 is 4.74 Å². The summed E-state index contributed by atoms with van der Waals surface area (Å²) in [5.74, 6) is 0.840. The van der Waals surface area contributed by atoms with Gasteiger partial charge in [0, 0.05) is 22.2 Å². The van der Waals surface area contributed by atoms with E-state index in [9.17, 15) is 5.11 Å². The average molecular weight is 217 g/mol. The van der Waals surface area contributed by atoms with Gasteiger partial charge in [-0.25, -0.2) is 0 Å². The number of hydrogen-bond donors (Lipinski definition) is 2. The van der Waals surface area contributed by atoms with E-state index in [1.807, 2.05) is 18.2 Å². The van der Waals surface area contributed by atoms with Gasteiger partial charge in [0.2, 0.25) is 0 Å². The monoisotopic (exact) mass is 217 g/mol. The maximum absolute atomic E-state index is 10.1. The highest BCUT2D eigenvalue weighted by molar-refractivity contribution is 5.86. The number of rotatable bonds is 1. The van der Waals surface area contributed by atoms with Gasteiger partial charge in [-0.1, -0.05) is 0 Å². The molecule has 0 saturated heterocycles. The summed E-state index contributed by atoms with van der Waals surface area (Å²) in [6.07, 6.45) is 2.61. The zero-order valence-corrected chi connectivity index (χ0v) is 9.29. The van der Waals surface area contributed by atoms with Crippen LogP contribution in [0, 0.1) is 0 Å². The highest BCUT2D eigenvalue weighted by Gasteiger charge is 2.22. The molecule has 1 aromatic heterocycles. The van der Waals surface area contributed by atoms with Gasteiger partial charge in [0.1, 0.15) is 5.75 Å². The van der Waals surface area contributed by atoms with E-state index in [-0.39, 0.29) is 6.10 Å². The predicted octanol–water partition coefficient (Wildman–Crippen LogP) is 2.55. The van der Waals surface area contributed by atoms with Crippen LogP contribution in [0.1, 0.15) is 30.2 Å². The molecule has 84 valence electrons. The molecule has 1 aliphatic rings. The third-order valence-corrected chi connectivity index (χ3v) is 3.37. The first kappa shape index (κ1) is 9.73. The zero-order valence-electron chi connectivity index (χ0n) is 9.29. The van der Waals surface area contributed by atoms with E-state index in [0.717, 1.165) is 41.5 Å². The molecule has 1 heterocycles. The smallest absolute Gasteiger partial charge is 0.119 e. The van der Waals surface area contributed by atoms with E-state index < -0.39 is 0 Å². The lowest BCUT2D eigenvalue weighted by molar-refractivity contribution is 0.158. The Morgan fingerprint density at radius 1 is 1.44 bits per heavy atom. The van der Waals surface area contributed by atoms with Crippen molar-refractivity contribution in [1.82, 2.24) is 4.98 Å². The largest absolute Gasteiger partial charge is 0.497 e. The predicted molar refractivity (Wildman–Crippen MR) is 62.7 cm³/mol. The summed E-state index contributed by atoms with van der Waals surface area (Å²) in [4.78, 5) is 3.38. The standard InChI is InChI=1S/C13H15NO2/c1-16-8-5-6-10-9(7-8)13-11(14-10)3-2-4-12(13)15/h5-7,12,14-15H,2-4H2,1H3. The Bertz CT molecular complexity index is 530. The Balaban J connectivity index is 2.26. The molecule has 0 fully saturated rings. The number of aliphatic hydroxyl groups excluding tert-OH is 1. The Labute approximate surface area is 94.0 Å². The summed E-state index contributed by atoms with van der Waals surface area (Å²) in [5, 5.41) is 11.1. The van der Waals surface area contributed by atoms with Gasteiger partial charge in [-0.05, 0) is 37.5 Å². The fourth-order valence-corrected chi connectivity index (χ4v) is 2.57. The summed E-state index contributed by atoms with van der Waals surface area (Å²) in [5.41, 5.74) is 3.34. The van der Waals surface area contributed by atoms with E-state index in [4.69, 9.17) is 4.74 Å². The van der Waals surface area contributed by atoms with Crippen molar-refractivity contribution in [3.8, 4) is 5.75 Å². The summed E-state index contributed by atoms with van der Waals surface area (Å²) >= 11 is 0. The van der Waals surface area contributed by atoms with Crippen molar-refractivity contribution >= 4 is 10.9 Å². The summed E-state index contributed by atoms with van der Waals surface area (Å²) in [6.45, 7) is 0. The van der Waals surface area contributed by atoms with Crippen LogP contribution in [0.25, 0.3) is 10.9 Å². The van der Waals surface area contributed by atoms with E-state index >= 15 is 0 Å². The Hall–Kier alpha value is -1.48. The van der Waals surface area contributed by atoms with Crippen LogP contribution >= 0.6 is 0 Å². The SMILES string of the molecule is COc1ccc2[nH]c3c(c2c1)C(O)CCC3. The Morgan fingerprint density at radius 3 is 3.12 bits per heavy atom. The van der Waals surface area contributed by atoms with Crippen molar-refractivity contribution in [1.29, 1.82) is 0 Å². The lowest BCUT2D eigenvalue weighted by Crippen LogP contribution is -2.07. The van der Waals surface area contributed by atoms with Gasteiger partial charge in [-0.2, -0.15) is 0 Å². The first-order valence-corrected chi connectivity index (χ1v) is 5.66. The number of H-pyrrole nitrogens is 1. The van der Waals surface area contributed by atoms with E-state index in [2.05, 4.69) is 4.98 Å². The van der Waals surface area contributed by atoms with Crippen molar-refractivity contribution in [2.75, 3.05) is 7.11 Å². The fourth-order valence-electron chi connectivity index (χ4n) is 2.57. The maximum atomic E-state index is 10.1. The van der Waals surface area contributed by atoms with Crippen LogP contribution in [-0.2, 0) is 6.42 Å². The number of aryl methyl sites for hydroxylation is 1. The van der Waals surface area contributed by atoms with Crippen molar-refractivity contribution in [2.24, 2.45) is 0 Å². The maximum Gasteiger partial charge on any atom is 0.119 e. The molecule has 3 nitrogen and oxygen atoms in total. The van der Waals surface area contributed by atoms with Gasteiger partial charge in [-0.3, -0.25) is 0 Å². The number of nitrogens with one attached hydrogen (secondary N) is 1. The minimum atomic E-state index is -0.329. The van der Waals surface area contributed by atoms with E-state index in [1.54, 1.807) is 7.11 Å². The molecule has 0 saturated carbocycles. The molecule has 1 unspecified atom stereocenters. The number of aliphatic hydroxyl groups is 1. The van der Waals surface area contributed by atoms with Crippen molar-refractivity contribution in [2.45, 2.75) is 25.4 Å². The lowest BCUT2D eigenvalue weighted by Gasteiger charge is -2.17. The van der Waals surface area contributed by atoms with Crippen molar-refractivity contribution in [3.63, 3.8) is 0 Å². The molecule has 2 N–H and O–H groups in total. The molecule has 0 bridgehead atoms. The number of benzene rings is 1. The molecular weight excluding hydrogens is 202 g/mol. The van der Waals surface area contributed by atoms with Gasteiger partial charge in [-0.15, -0.1) is 0 Å². The molecule has 0 amide bonds. The van der Waals surface area contributed by atoms with E-state index in [1.165, 1.54) is 5.69 Å². The Kier molecular flexibility index (Phi) is 2.14. The average Bonchev–Trinajstić information content (AvgIpc) is 2.67. The highest BCUT2D eigenvalue weighted by Crippen LogP contribution is 2.36. The van der Waals surface area contributed by atoms with Crippen LogP contribution in [0.4, 0.5) is 0 Å². The molecule has 0 spiro atoms. The van der Waals surface area contributed by atoms with Crippen LogP contribution in [0.5, 0.6) is 5.75 Å². The molecule has 2 aromatic rings. The van der Waals surface area contributed by atoms with Crippen molar-refractivity contribution in [3.05, 3.63) is 29.5 Å². The number of methoxy groups -OCH3 is 1. The zero-order chi connectivity index (χ0) is 11.1. The molecule has 0 aliphatic heterocycles. The van der Waals surface area contributed by atoms with Gasteiger partial charge in [0.05, 0.1) is 13.2 Å². The molecule has 3 rings (SSSR count). The normalized spacial score (nSPS) is 19.8. The quantitative estimate of drug-likeness (QED) is 0.771. The summed E-state index contributed by atoms with van der Waals surface area (Å²) in [7, 11) is 1.66. The minimum Gasteiger partial charge on any atom is -0.497 e. The number of aromatic amines is 1. The number of fused-ring (bicyclic) bond motifs is 3. The lowest BCUT2D eigenvalue weighted by atomic mass is 9.93. The van der Waals surface area contributed by atoms with Gasteiger partial charge in [0.15, 0.2) is 0 Å².